The maximum atomic E-state index is 14.6. The molecule has 156 valence electrons. The van der Waals surface area contributed by atoms with Crippen molar-refractivity contribution >= 4 is 12.0 Å². The first kappa shape index (κ1) is 22.1. The van der Waals surface area contributed by atoms with Gasteiger partial charge in [0.1, 0.15) is 5.60 Å². The molecule has 2 fully saturated rings. The monoisotopic (exact) mass is 389 g/mol. The first-order chi connectivity index (χ1) is 12.4. The Kier molecular flexibility index (Phi) is 6.55. The van der Waals surface area contributed by atoms with Crippen molar-refractivity contribution in [3.8, 4) is 0 Å². The Morgan fingerprint density at radius 2 is 1.93 bits per heavy atom. The number of halogens is 2. The first-order valence-corrected chi connectivity index (χ1v) is 9.92. The van der Waals surface area contributed by atoms with Crippen LogP contribution in [-0.2, 0) is 14.3 Å². The number of likely N-dealkylation sites (tertiary alicyclic amines) is 1. The fraction of sp³-hybridized carbons (Fsp3) is 0.900. The molecule has 1 aliphatic heterocycles. The number of imide groups is 1. The van der Waals surface area contributed by atoms with Gasteiger partial charge in [0, 0.05) is 30.9 Å². The average molecular weight is 389 g/mol. The summed E-state index contributed by atoms with van der Waals surface area (Å²) in [6.45, 7) is 11.1. The maximum Gasteiger partial charge on any atom is 0.417 e. The molecule has 2 rings (SSSR count). The highest BCUT2D eigenvalue weighted by Gasteiger charge is 2.62. The molecule has 0 spiro atoms. The molecular weight excluding hydrogens is 356 g/mol. The predicted octanol–water partition coefficient (Wildman–Crippen LogP) is 4.49. The summed E-state index contributed by atoms with van der Waals surface area (Å²) in [7, 11) is 0. The molecular formula is C20H33F2NO4. The van der Waals surface area contributed by atoms with E-state index in [-0.39, 0.29) is 12.5 Å². The minimum Gasteiger partial charge on any atom is -0.443 e. The van der Waals surface area contributed by atoms with Gasteiger partial charge in [-0.25, -0.2) is 18.5 Å². The zero-order valence-corrected chi connectivity index (χ0v) is 17.3. The Morgan fingerprint density at radius 1 is 1.30 bits per heavy atom. The maximum absolute atomic E-state index is 14.6. The summed E-state index contributed by atoms with van der Waals surface area (Å²) in [4.78, 5) is 26.4. The largest absolute Gasteiger partial charge is 0.443 e. The van der Waals surface area contributed by atoms with Crippen LogP contribution >= 0.6 is 0 Å². The highest BCUT2D eigenvalue weighted by molar-refractivity contribution is 5.96. The SMILES string of the molecule is CCCCOC[C@@H]1C2[C@@H](C)N(C(=O)OC(C)(C)C)C(=O)[C@@H]2CC(F)(F)[C@H]1C. The first-order valence-electron chi connectivity index (χ1n) is 9.92. The molecule has 27 heavy (non-hydrogen) atoms. The minimum atomic E-state index is -2.96. The quantitative estimate of drug-likeness (QED) is 0.650. The standard InChI is InChI=1S/C20H33F2NO4/c1-7-8-9-26-11-15-12(2)20(21,22)10-14-16(15)13(3)23(17(14)24)18(25)27-19(4,5)6/h12-16H,7-11H2,1-6H3/t12-,13+,14+,15-,16?/m0/s1. The number of fused-ring (bicyclic) bond motifs is 1. The van der Waals surface area contributed by atoms with Gasteiger partial charge in [-0.1, -0.05) is 20.3 Å². The van der Waals surface area contributed by atoms with Crippen molar-refractivity contribution in [3.05, 3.63) is 0 Å². The number of carbonyl (C=O) groups excluding carboxylic acids is 2. The lowest BCUT2D eigenvalue weighted by Gasteiger charge is -2.43. The van der Waals surface area contributed by atoms with Gasteiger partial charge in [-0.05, 0) is 46.0 Å². The molecule has 1 unspecified atom stereocenters. The van der Waals surface area contributed by atoms with E-state index in [1.54, 1.807) is 27.7 Å². The molecule has 2 aliphatic rings. The van der Waals surface area contributed by atoms with Crippen LogP contribution in [0.1, 0.15) is 60.8 Å². The van der Waals surface area contributed by atoms with Gasteiger partial charge >= 0.3 is 6.09 Å². The predicted molar refractivity (Wildman–Crippen MR) is 97.5 cm³/mol. The molecule has 0 aromatic heterocycles. The third-order valence-corrected chi connectivity index (χ3v) is 5.82. The van der Waals surface area contributed by atoms with Gasteiger partial charge in [-0.2, -0.15) is 0 Å². The molecule has 5 nitrogen and oxygen atoms in total. The van der Waals surface area contributed by atoms with E-state index in [1.807, 2.05) is 6.92 Å². The number of carbonyl (C=O) groups is 2. The highest BCUT2D eigenvalue weighted by Crippen LogP contribution is 2.53. The van der Waals surface area contributed by atoms with Crippen LogP contribution in [0.3, 0.4) is 0 Å². The summed E-state index contributed by atoms with van der Waals surface area (Å²) < 4.78 is 40.2. The van der Waals surface area contributed by atoms with Crippen LogP contribution in [-0.4, -0.2) is 47.7 Å². The molecule has 0 aromatic rings. The van der Waals surface area contributed by atoms with Crippen LogP contribution in [0.2, 0.25) is 0 Å². The van der Waals surface area contributed by atoms with Crippen molar-refractivity contribution in [2.45, 2.75) is 78.4 Å². The summed E-state index contributed by atoms with van der Waals surface area (Å²) in [5.74, 6) is -6.12. The van der Waals surface area contributed by atoms with E-state index in [0.29, 0.717) is 6.61 Å². The number of nitrogens with zero attached hydrogens (tertiary/aromatic N) is 1. The minimum absolute atomic E-state index is 0.178. The Morgan fingerprint density at radius 3 is 2.48 bits per heavy atom. The summed E-state index contributed by atoms with van der Waals surface area (Å²) in [6, 6.07) is -0.490. The zero-order valence-electron chi connectivity index (χ0n) is 17.3. The normalized spacial score (nSPS) is 33.1. The van der Waals surface area contributed by atoms with Crippen LogP contribution in [0, 0.1) is 23.7 Å². The summed E-state index contributed by atoms with van der Waals surface area (Å²) in [5, 5.41) is 0. The average Bonchev–Trinajstić information content (AvgIpc) is 2.76. The summed E-state index contributed by atoms with van der Waals surface area (Å²) in [5.41, 5.74) is -0.759. The molecule has 1 aliphatic carbocycles. The Balaban J connectivity index is 2.25. The van der Waals surface area contributed by atoms with Crippen LogP contribution in [0.5, 0.6) is 0 Å². The van der Waals surface area contributed by atoms with E-state index in [2.05, 4.69) is 0 Å². The molecule has 1 heterocycles. The second kappa shape index (κ2) is 8.02. The van der Waals surface area contributed by atoms with E-state index < -0.39 is 53.7 Å². The Bertz CT molecular complexity index is 561. The van der Waals surface area contributed by atoms with Gasteiger partial charge in [0.2, 0.25) is 5.91 Å². The summed E-state index contributed by atoms with van der Waals surface area (Å²) in [6.07, 6.45) is 0.552. The Labute approximate surface area is 160 Å². The van der Waals surface area contributed by atoms with Crippen LogP contribution in [0.4, 0.5) is 13.6 Å². The molecule has 7 heteroatoms. The van der Waals surface area contributed by atoms with Crippen molar-refractivity contribution in [2.24, 2.45) is 23.7 Å². The number of hydrogen-bond acceptors (Lipinski definition) is 4. The lowest BCUT2D eigenvalue weighted by Crippen LogP contribution is -2.49. The van der Waals surface area contributed by atoms with Crippen molar-refractivity contribution in [2.75, 3.05) is 13.2 Å². The van der Waals surface area contributed by atoms with E-state index in [0.717, 1.165) is 17.7 Å². The lowest BCUT2D eigenvalue weighted by molar-refractivity contribution is -0.158. The highest BCUT2D eigenvalue weighted by atomic mass is 19.3. The molecule has 0 N–H and O–H groups in total. The molecule has 1 saturated carbocycles. The number of amides is 2. The topological polar surface area (TPSA) is 55.8 Å². The van der Waals surface area contributed by atoms with Crippen LogP contribution < -0.4 is 0 Å². The second-order valence-electron chi connectivity index (χ2n) is 8.96. The number of alkyl halides is 2. The van der Waals surface area contributed by atoms with Crippen molar-refractivity contribution in [1.82, 2.24) is 4.90 Å². The van der Waals surface area contributed by atoms with E-state index in [4.69, 9.17) is 9.47 Å². The Hall–Kier alpha value is -1.24. The van der Waals surface area contributed by atoms with Crippen molar-refractivity contribution < 1.29 is 27.8 Å². The van der Waals surface area contributed by atoms with Gasteiger partial charge < -0.3 is 9.47 Å². The number of hydrogen-bond donors (Lipinski definition) is 0. The molecule has 5 atom stereocenters. The van der Waals surface area contributed by atoms with E-state index in [1.165, 1.54) is 6.92 Å². The number of rotatable bonds is 5. The van der Waals surface area contributed by atoms with E-state index in [9.17, 15) is 18.4 Å². The molecule has 0 aromatic carbocycles. The van der Waals surface area contributed by atoms with Gasteiger partial charge in [-0.15, -0.1) is 0 Å². The third-order valence-electron chi connectivity index (χ3n) is 5.82. The van der Waals surface area contributed by atoms with Crippen LogP contribution in [0.15, 0.2) is 0 Å². The third kappa shape index (κ3) is 4.61. The summed E-state index contributed by atoms with van der Waals surface area (Å²) >= 11 is 0. The van der Waals surface area contributed by atoms with Gasteiger partial charge in [-0.3, -0.25) is 4.79 Å². The number of unbranched alkanes of at least 4 members (excludes halogenated alkanes) is 1. The molecule has 0 bridgehead atoms. The van der Waals surface area contributed by atoms with Crippen molar-refractivity contribution in [1.29, 1.82) is 0 Å². The molecule has 1 saturated heterocycles. The fourth-order valence-corrected chi connectivity index (χ4v) is 4.35. The van der Waals surface area contributed by atoms with Gasteiger partial charge in [0.25, 0.3) is 5.92 Å². The number of ether oxygens (including phenoxy) is 2. The second-order valence-corrected chi connectivity index (χ2v) is 8.96. The van der Waals surface area contributed by atoms with Gasteiger partial charge in [0.15, 0.2) is 0 Å². The van der Waals surface area contributed by atoms with E-state index >= 15 is 0 Å². The molecule has 0 radical (unpaired) electrons. The smallest absolute Gasteiger partial charge is 0.417 e. The van der Waals surface area contributed by atoms with Crippen LogP contribution in [0.25, 0.3) is 0 Å². The fourth-order valence-electron chi connectivity index (χ4n) is 4.35. The lowest BCUT2D eigenvalue weighted by atomic mass is 9.65. The van der Waals surface area contributed by atoms with Crippen molar-refractivity contribution in [3.63, 3.8) is 0 Å². The van der Waals surface area contributed by atoms with Gasteiger partial charge in [0.05, 0.1) is 6.61 Å². The molecule has 2 amide bonds. The zero-order chi connectivity index (χ0) is 20.6.